The number of hydrogen-bond acceptors (Lipinski definition) is 7. The number of aryl methyl sites for hydroxylation is 2. The maximum Gasteiger partial charge on any atom is 0.345 e. The molecule has 38 heavy (non-hydrogen) atoms. The van der Waals surface area contributed by atoms with Gasteiger partial charge in [0.25, 0.3) is 11.1 Å². The molecule has 1 aliphatic heterocycles. The van der Waals surface area contributed by atoms with E-state index in [0.29, 0.717) is 10.6 Å². The molecular weight excluding hydrogens is 549 g/mol. The SMILES string of the molecule is COc1cc(/C=C2\SC(=O)N(CCOc3cc(C)ccc3C)C2=O)ccc1OC(=O)c1ccc(Cl)cc1Cl. The van der Waals surface area contributed by atoms with Crippen LogP contribution in [-0.2, 0) is 4.79 Å². The first-order chi connectivity index (χ1) is 18.2. The third-order valence-electron chi connectivity index (χ3n) is 5.63. The summed E-state index contributed by atoms with van der Waals surface area (Å²) in [6.07, 6.45) is 1.58. The first-order valence-corrected chi connectivity index (χ1v) is 13.0. The third kappa shape index (κ3) is 6.32. The molecule has 196 valence electrons. The number of nitrogens with zero attached hydrogens (tertiary/aromatic N) is 1. The highest BCUT2D eigenvalue weighted by Gasteiger charge is 2.35. The lowest BCUT2D eigenvalue weighted by molar-refractivity contribution is -0.123. The van der Waals surface area contributed by atoms with Gasteiger partial charge in [-0.05, 0) is 84.8 Å². The normalized spacial score (nSPS) is 14.2. The molecule has 0 bridgehead atoms. The van der Waals surface area contributed by atoms with Gasteiger partial charge in [-0.15, -0.1) is 0 Å². The fourth-order valence-electron chi connectivity index (χ4n) is 3.62. The molecule has 0 N–H and O–H groups in total. The van der Waals surface area contributed by atoms with Gasteiger partial charge in [0.2, 0.25) is 0 Å². The molecule has 0 unspecified atom stereocenters. The molecule has 0 radical (unpaired) electrons. The number of halogens is 2. The van der Waals surface area contributed by atoms with Gasteiger partial charge < -0.3 is 14.2 Å². The number of rotatable bonds is 8. The van der Waals surface area contributed by atoms with Crippen molar-refractivity contribution in [2.75, 3.05) is 20.3 Å². The molecule has 1 aliphatic rings. The van der Waals surface area contributed by atoms with Crippen LogP contribution in [-0.4, -0.2) is 42.3 Å². The zero-order valence-corrected chi connectivity index (χ0v) is 23.1. The van der Waals surface area contributed by atoms with Gasteiger partial charge in [-0.1, -0.05) is 41.4 Å². The van der Waals surface area contributed by atoms with Crippen LogP contribution in [0.4, 0.5) is 4.79 Å². The van der Waals surface area contributed by atoms with E-state index in [1.54, 1.807) is 18.2 Å². The minimum Gasteiger partial charge on any atom is -0.493 e. The van der Waals surface area contributed by atoms with E-state index in [2.05, 4.69) is 0 Å². The molecule has 0 aromatic heterocycles. The number of ether oxygens (including phenoxy) is 3. The average molecular weight is 572 g/mol. The van der Waals surface area contributed by atoms with Crippen LogP contribution in [0.1, 0.15) is 27.0 Å². The van der Waals surface area contributed by atoms with E-state index in [1.165, 1.54) is 31.4 Å². The van der Waals surface area contributed by atoms with E-state index < -0.39 is 11.9 Å². The minimum atomic E-state index is -0.679. The molecule has 0 atom stereocenters. The summed E-state index contributed by atoms with van der Waals surface area (Å²) in [5, 5.41) is 0.184. The Morgan fingerprint density at radius 3 is 2.50 bits per heavy atom. The lowest BCUT2D eigenvalue weighted by atomic mass is 10.1. The number of carbonyl (C=O) groups excluding carboxylic acids is 3. The Morgan fingerprint density at radius 1 is 0.974 bits per heavy atom. The van der Waals surface area contributed by atoms with Gasteiger partial charge in [-0.3, -0.25) is 14.5 Å². The molecule has 3 aromatic rings. The molecule has 1 saturated heterocycles. The highest BCUT2D eigenvalue weighted by molar-refractivity contribution is 8.18. The van der Waals surface area contributed by atoms with Crippen molar-refractivity contribution in [3.63, 3.8) is 0 Å². The summed E-state index contributed by atoms with van der Waals surface area (Å²) < 4.78 is 16.6. The molecule has 7 nitrogen and oxygen atoms in total. The molecule has 3 aromatic carbocycles. The van der Waals surface area contributed by atoms with Gasteiger partial charge in [0.15, 0.2) is 11.5 Å². The second kappa shape index (κ2) is 11.9. The minimum absolute atomic E-state index is 0.126. The number of esters is 1. The summed E-state index contributed by atoms with van der Waals surface area (Å²) in [6.45, 7) is 4.21. The lowest BCUT2D eigenvalue weighted by Crippen LogP contribution is -2.32. The summed E-state index contributed by atoms with van der Waals surface area (Å²) in [5.74, 6) is 0.0627. The van der Waals surface area contributed by atoms with Crippen molar-refractivity contribution >= 4 is 58.2 Å². The van der Waals surface area contributed by atoms with Crippen molar-refractivity contribution in [1.29, 1.82) is 0 Å². The maximum absolute atomic E-state index is 12.9. The van der Waals surface area contributed by atoms with E-state index in [-0.39, 0.29) is 45.4 Å². The maximum atomic E-state index is 12.9. The van der Waals surface area contributed by atoms with Crippen molar-refractivity contribution in [2.24, 2.45) is 0 Å². The fourth-order valence-corrected chi connectivity index (χ4v) is 4.97. The molecule has 10 heteroatoms. The van der Waals surface area contributed by atoms with Gasteiger partial charge in [0.05, 0.1) is 29.1 Å². The van der Waals surface area contributed by atoms with Crippen LogP contribution in [0.5, 0.6) is 17.2 Å². The van der Waals surface area contributed by atoms with Crippen molar-refractivity contribution < 1.29 is 28.6 Å². The third-order valence-corrected chi connectivity index (χ3v) is 7.08. The van der Waals surface area contributed by atoms with Crippen molar-refractivity contribution in [2.45, 2.75) is 13.8 Å². The van der Waals surface area contributed by atoms with Crippen LogP contribution >= 0.6 is 35.0 Å². The van der Waals surface area contributed by atoms with Gasteiger partial charge in [0, 0.05) is 5.02 Å². The van der Waals surface area contributed by atoms with Crippen molar-refractivity contribution in [3.8, 4) is 17.2 Å². The lowest BCUT2D eigenvalue weighted by Gasteiger charge is -2.14. The number of thioether (sulfide) groups is 1. The summed E-state index contributed by atoms with van der Waals surface area (Å²) in [5.41, 5.74) is 2.77. The zero-order valence-electron chi connectivity index (χ0n) is 20.7. The molecule has 0 spiro atoms. The predicted molar refractivity (Wildman–Crippen MR) is 149 cm³/mol. The van der Waals surface area contributed by atoms with E-state index >= 15 is 0 Å². The van der Waals surface area contributed by atoms with Crippen LogP contribution in [0, 0.1) is 13.8 Å². The van der Waals surface area contributed by atoms with Gasteiger partial charge in [-0.2, -0.15) is 0 Å². The highest BCUT2D eigenvalue weighted by atomic mass is 35.5. The zero-order chi connectivity index (χ0) is 27.4. The van der Waals surface area contributed by atoms with Crippen LogP contribution in [0.25, 0.3) is 6.08 Å². The molecule has 0 saturated carbocycles. The van der Waals surface area contributed by atoms with Crippen LogP contribution in [0.3, 0.4) is 0 Å². The Bertz CT molecular complexity index is 1460. The van der Waals surface area contributed by atoms with Gasteiger partial charge >= 0.3 is 5.97 Å². The number of amides is 2. The first kappa shape index (κ1) is 27.6. The van der Waals surface area contributed by atoms with E-state index in [4.69, 9.17) is 37.4 Å². The standard InChI is InChI=1S/C28H23Cl2NO6S/c1-16-4-5-17(2)23(12-16)36-11-10-31-26(32)25(38-28(31)34)14-18-6-9-22(24(13-18)35-3)37-27(33)20-8-7-19(29)15-21(20)30/h4-9,12-15H,10-11H2,1-3H3/b25-14-. The molecule has 0 aliphatic carbocycles. The summed E-state index contributed by atoms with van der Waals surface area (Å²) >= 11 is 12.8. The molecule has 2 amide bonds. The number of imide groups is 1. The Balaban J connectivity index is 1.44. The quantitative estimate of drug-likeness (QED) is 0.164. The van der Waals surface area contributed by atoms with E-state index in [1.807, 2.05) is 32.0 Å². The van der Waals surface area contributed by atoms with Gasteiger partial charge in [0.1, 0.15) is 12.4 Å². The van der Waals surface area contributed by atoms with Crippen LogP contribution in [0.15, 0.2) is 59.5 Å². The Labute approximate surface area is 234 Å². The monoisotopic (exact) mass is 571 g/mol. The highest BCUT2D eigenvalue weighted by Crippen LogP contribution is 2.35. The van der Waals surface area contributed by atoms with E-state index in [0.717, 1.165) is 33.5 Å². The average Bonchev–Trinajstić information content (AvgIpc) is 3.14. The smallest absolute Gasteiger partial charge is 0.345 e. The Kier molecular flexibility index (Phi) is 8.66. The number of benzene rings is 3. The molecular formula is C28H23Cl2NO6S. The molecule has 1 heterocycles. The fraction of sp³-hybridized carbons (Fsp3) is 0.179. The Morgan fingerprint density at radius 2 is 1.76 bits per heavy atom. The van der Waals surface area contributed by atoms with Gasteiger partial charge in [-0.25, -0.2) is 4.79 Å². The predicted octanol–water partition coefficient (Wildman–Crippen LogP) is 6.95. The number of hydrogen-bond donors (Lipinski definition) is 0. The summed E-state index contributed by atoms with van der Waals surface area (Å²) in [4.78, 5) is 39.4. The molecule has 1 fully saturated rings. The topological polar surface area (TPSA) is 82.1 Å². The largest absolute Gasteiger partial charge is 0.493 e. The second-order valence-corrected chi connectivity index (χ2v) is 10.2. The van der Waals surface area contributed by atoms with E-state index in [9.17, 15) is 14.4 Å². The van der Waals surface area contributed by atoms with Crippen molar-refractivity contribution in [3.05, 3.63) is 91.8 Å². The van der Waals surface area contributed by atoms with Crippen LogP contribution in [0.2, 0.25) is 10.0 Å². The number of carbonyl (C=O) groups is 3. The Hall–Kier alpha value is -3.46. The molecule has 4 rings (SSSR count). The number of methoxy groups -OCH3 is 1. The summed E-state index contributed by atoms with van der Waals surface area (Å²) in [6, 6.07) is 15.1. The van der Waals surface area contributed by atoms with Crippen LogP contribution < -0.4 is 14.2 Å². The first-order valence-electron chi connectivity index (χ1n) is 11.5. The second-order valence-electron chi connectivity index (χ2n) is 8.37. The van der Waals surface area contributed by atoms with Crippen molar-refractivity contribution in [1.82, 2.24) is 4.90 Å². The summed E-state index contributed by atoms with van der Waals surface area (Å²) in [7, 11) is 1.43.